The van der Waals surface area contributed by atoms with Gasteiger partial charge in [0.25, 0.3) is 0 Å². The highest BCUT2D eigenvalue weighted by Crippen LogP contribution is 2.18. The third kappa shape index (κ3) is 4.94. The Hall–Kier alpha value is -3.43. The van der Waals surface area contributed by atoms with Gasteiger partial charge in [-0.15, -0.1) is 10.2 Å². The van der Waals surface area contributed by atoms with Gasteiger partial charge in [0.05, 0.1) is 12.8 Å². The highest BCUT2D eigenvalue weighted by molar-refractivity contribution is 5.84. The molecule has 1 fully saturated rings. The molecule has 0 saturated heterocycles. The van der Waals surface area contributed by atoms with E-state index in [0.717, 1.165) is 31.4 Å². The molecule has 1 N–H and O–H groups in total. The predicted octanol–water partition coefficient (Wildman–Crippen LogP) is 1.92. The molecule has 30 heavy (non-hydrogen) atoms. The minimum Gasteiger partial charge on any atom is -0.467 e. The van der Waals surface area contributed by atoms with E-state index < -0.39 is 0 Å². The Balaban J connectivity index is 1.42. The summed E-state index contributed by atoms with van der Waals surface area (Å²) in [5.41, 5.74) is 0. The zero-order valence-corrected chi connectivity index (χ0v) is 16.8. The first-order valence-electron chi connectivity index (χ1n) is 10.0. The Morgan fingerprint density at radius 1 is 1.27 bits per heavy atom. The second-order valence-corrected chi connectivity index (χ2v) is 7.43. The van der Waals surface area contributed by atoms with Gasteiger partial charge in [-0.1, -0.05) is 12.8 Å². The van der Waals surface area contributed by atoms with E-state index in [1.807, 2.05) is 6.92 Å². The van der Waals surface area contributed by atoms with E-state index in [1.165, 1.54) is 16.0 Å². The monoisotopic (exact) mass is 412 g/mol. The van der Waals surface area contributed by atoms with Gasteiger partial charge in [0.1, 0.15) is 24.6 Å². The van der Waals surface area contributed by atoms with Crippen LogP contribution in [-0.4, -0.2) is 49.5 Å². The van der Waals surface area contributed by atoms with Crippen molar-refractivity contribution in [3.63, 3.8) is 0 Å². The third-order valence-electron chi connectivity index (χ3n) is 5.02. The molecule has 0 spiro atoms. The lowest BCUT2D eigenvalue weighted by Gasteiger charge is -2.22. The van der Waals surface area contributed by atoms with Crippen LogP contribution in [0.25, 0.3) is 11.6 Å². The van der Waals surface area contributed by atoms with Crippen LogP contribution in [0.15, 0.2) is 39.4 Å². The number of carbonyl (C=O) groups excluding carboxylic acids is 2. The first-order chi connectivity index (χ1) is 14.6. The number of amides is 2. The second kappa shape index (κ2) is 8.93. The topological polar surface area (TPSA) is 119 Å². The van der Waals surface area contributed by atoms with Gasteiger partial charge >= 0.3 is 0 Å². The molecular formula is C20H24N6O4. The molecule has 1 saturated carbocycles. The fourth-order valence-corrected chi connectivity index (χ4v) is 3.52. The van der Waals surface area contributed by atoms with Gasteiger partial charge in [-0.2, -0.15) is 4.80 Å². The van der Waals surface area contributed by atoms with Crippen molar-refractivity contribution in [2.75, 3.05) is 6.54 Å². The molecule has 1 aliphatic rings. The molecule has 158 valence electrons. The quantitative estimate of drug-likeness (QED) is 0.600. The van der Waals surface area contributed by atoms with Crippen LogP contribution in [0.5, 0.6) is 0 Å². The SMILES string of the molecule is Cc1ccc(-c2nnn(CC(=O)N(CC(=O)NC3CCCC3)Cc3ccco3)n2)o1. The molecular weight excluding hydrogens is 388 g/mol. The highest BCUT2D eigenvalue weighted by Gasteiger charge is 2.23. The number of hydrogen-bond acceptors (Lipinski definition) is 7. The van der Waals surface area contributed by atoms with Crippen LogP contribution in [0.3, 0.4) is 0 Å². The number of rotatable bonds is 8. The van der Waals surface area contributed by atoms with E-state index in [0.29, 0.717) is 17.3 Å². The normalized spacial score (nSPS) is 14.2. The van der Waals surface area contributed by atoms with Crippen molar-refractivity contribution in [2.45, 2.75) is 51.7 Å². The van der Waals surface area contributed by atoms with E-state index in [1.54, 1.807) is 24.3 Å². The zero-order valence-electron chi connectivity index (χ0n) is 16.8. The first-order valence-corrected chi connectivity index (χ1v) is 10.0. The number of furan rings is 2. The first kappa shape index (κ1) is 19.9. The van der Waals surface area contributed by atoms with Crippen LogP contribution in [0, 0.1) is 6.92 Å². The van der Waals surface area contributed by atoms with Gasteiger partial charge in [0, 0.05) is 6.04 Å². The van der Waals surface area contributed by atoms with E-state index in [-0.39, 0.29) is 37.5 Å². The molecule has 1 aliphatic carbocycles. The van der Waals surface area contributed by atoms with Gasteiger partial charge in [0.15, 0.2) is 5.76 Å². The molecule has 0 aromatic carbocycles. The third-order valence-corrected chi connectivity index (χ3v) is 5.02. The molecule has 0 aliphatic heterocycles. The lowest BCUT2D eigenvalue weighted by molar-refractivity contribution is -0.138. The largest absolute Gasteiger partial charge is 0.467 e. The summed E-state index contributed by atoms with van der Waals surface area (Å²) in [5.74, 6) is 1.61. The molecule has 0 radical (unpaired) electrons. The Morgan fingerprint density at radius 3 is 2.80 bits per heavy atom. The molecule has 3 aromatic heterocycles. The molecule has 0 atom stereocenters. The summed E-state index contributed by atoms with van der Waals surface area (Å²) in [5, 5.41) is 15.1. The van der Waals surface area contributed by atoms with Crippen LogP contribution in [0.2, 0.25) is 0 Å². The molecule has 0 bridgehead atoms. The van der Waals surface area contributed by atoms with Crippen molar-refractivity contribution in [3.8, 4) is 11.6 Å². The fourth-order valence-electron chi connectivity index (χ4n) is 3.52. The summed E-state index contributed by atoms with van der Waals surface area (Å²) in [6.07, 6.45) is 5.74. The second-order valence-electron chi connectivity index (χ2n) is 7.43. The number of nitrogens with one attached hydrogen (secondary N) is 1. The Bertz CT molecular complexity index is 987. The number of tetrazole rings is 1. The van der Waals surface area contributed by atoms with E-state index in [9.17, 15) is 9.59 Å². The number of hydrogen-bond donors (Lipinski definition) is 1. The molecule has 3 heterocycles. The summed E-state index contributed by atoms with van der Waals surface area (Å²) in [7, 11) is 0. The van der Waals surface area contributed by atoms with Crippen LogP contribution in [-0.2, 0) is 22.7 Å². The minimum absolute atomic E-state index is 0.0605. The molecule has 10 heteroatoms. The van der Waals surface area contributed by atoms with Gasteiger partial charge in [0.2, 0.25) is 17.6 Å². The summed E-state index contributed by atoms with van der Waals surface area (Å²) >= 11 is 0. The van der Waals surface area contributed by atoms with Gasteiger partial charge in [-0.25, -0.2) is 0 Å². The van der Waals surface area contributed by atoms with Crippen molar-refractivity contribution in [2.24, 2.45) is 0 Å². The van der Waals surface area contributed by atoms with Crippen molar-refractivity contribution in [3.05, 3.63) is 42.0 Å². The zero-order chi connectivity index (χ0) is 20.9. The Kier molecular flexibility index (Phi) is 5.92. The van der Waals surface area contributed by atoms with Crippen molar-refractivity contribution in [1.82, 2.24) is 30.4 Å². The molecule has 10 nitrogen and oxygen atoms in total. The maximum absolute atomic E-state index is 12.9. The van der Waals surface area contributed by atoms with Crippen LogP contribution < -0.4 is 5.32 Å². The van der Waals surface area contributed by atoms with Crippen molar-refractivity contribution < 1.29 is 18.4 Å². The number of nitrogens with zero attached hydrogens (tertiary/aromatic N) is 5. The fraction of sp³-hybridized carbons (Fsp3) is 0.450. The van der Waals surface area contributed by atoms with E-state index in [4.69, 9.17) is 8.83 Å². The van der Waals surface area contributed by atoms with Gasteiger partial charge in [-0.05, 0) is 49.2 Å². The highest BCUT2D eigenvalue weighted by atomic mass is 16.3. The standard InChI is InChI=1S/C20H24N6O4/c1-14-8-9-17(30-14)20-22-24-26(23-20)13-19(28)25(11-16-7-4-10-29-16)12-18(27)21-15-5-2-3-6-15/h4,7-10,15H,2-3,5-6,11-13H2,1H3,(H,21,27). The summed E-state index contributed by atoms with van der Waals surface area (Å²) in [6.45, 7) is 1.79. The predicted molar refractivity (Wildman–Crippen MR) is 105 cm³/mol. The van der Waals surface area contributed by atoms with Crippen LogP contribution in [0.4, 0.5) is 0 Å². The smallest absolute Gasteiger partial charge is 0.247 e. The molecule has 3 aromatic rings. The average Bonchev–Trinajstić information content (AvgIpc) is 3.49. The van der Waals surface area contributed by atoms with Crippen LogP contribution >= 0.6 is 0 Å². The van der Waals surface area contributed by atoms with E-state index in [2.05, 4.69) is 20.7 Å². The van der Waals surface area contributed by atoms with Crippen LogP contribution in [0.1, 0.15) is 37.2 Å². The van der Waals surface area contributed by atoms with Gasteiger partial charge < -0.3 is 19.1 Å². The average molecular weight is 412 g/mol. The van der Waals surface area contributed by atoms with E-state index >= 15 is 0 Å². The molecule has 4 rings (SSSR count). The summed E-state index contributed by atoms with van der Waals surface area (Å²) in [4.78, 5) is 28.0. The Morgan fingerprint density at radius 2 is 2.10 bits per heavy atom. The maximum atomic E-state index is 12.9. The number of aryl methyl sites for hydroxylation is 1. The summed E-state index contributed by atoms with van der Waals surface area (Å²) in [6, 6.07) is 7.24. The summed E-state index contributed by atoms with van der Waals surface area (Å²) < 4.78 is 10.8. The number of aromatic nitrogens is 4. The number of carbonyl (C=O) groups is 2. The van der Waals surface area contributed by atoms with Crippen molar-refractivity contribution in [1.29, 1.82) is 0 Å². The molecule has 2 amide bonds. The van der Waals surface area contributed by atoms with Crippen molar-refractivity contribution >= 4 is 11.8 Å². The van der Waals surface area contributed by atoms with Gasteiger partial charge in [-0.3, -0.25) is 9.59 Å². The lowest BCUT2D eigenvalue weighted by Crippen LogP contribution is -2.44. The maximum Gasteiger partial charge on any atom is 0.247 e. The lowest BCUT2D eigenvalue weighted by atomic mass is 10.2. The Labute approximate surface area is 173 Å². The molecule has 0 unspecified atom stereocenters. The minimum atomic E-state index is -0.312.